The summed E-state index contributed by atoms with van der Waals surface area (Å²) in [5.41, 5.74) is 10.3. The van der Waals surface area contributed by atoms with Gasteiger partial charge in [-0.2, -0.15) is 9.78 Å². The van der Waals surface area contributed by atoms with Crippen LogP contribution in [0.25, 0.3) is 16.6 Å². The summed E-state index contributed by atoms with van der Waals surface area (Å²) < 4.78 is 18.6. The Kier molecular flexibility index (Phi) is 7.50. The molecule has 2 aromatic heterocycles. The van der Waals surface area contributed by atoms with Crippen LogP contribution in [0, 0.1) is 6.92 Å². The van der Waals surface area contributed by atoms with Crippen molar-refractivity contribution in [3.05, 3.63) is 81.6 Å². The van der Waals surface area contributed by atoms with Crippen molar-refractivity contribution in [2.45, 2.75) is 20.5 Å². The maximum absolute atomic E-state index is 12.6. The van der Waals surface area contributed by atoms with Gasteiger partial charge in [0, 0.05) is 0 Å². The molecule has 2 heterocycles. The Labute approximate surface area is 230 Å². The molecule has 198 valence electrons. The number of fused-ring (bicyclic) bond motifs is 1. The summed E-state index contributed by atoms with van der Waals surface area (Å²) in [7, 11) is 0. The van der Waals surface area contributed by atoms with Crippen LogP contribution < -0.4 is 20.6 Å². The summed E-state index contributed by atoms with van der Waals surface area (Å²) in [5.74, 6) is 0.702. The van der Waals surface area contributed by atoms with Gasteiger partial charge >= 0.3 is 0 Å². The number of rotatable bonds is 9. The number of nitrogens with two attached hydrogens (primary N) is 1. The average molecular weight is 591 g/mol. The molecule has 0 atom stereocenters. The molecule has 12 nitrogen and oxygen atoms in total. The lowest BCUT2D eigenvalue weighted by Gasteiger charge is -2.15. The van der Waals surface area contributed by atoms with Crippen LogP contribution in [0.4, 0.5) is 5.82 Å². The van der Waals surface area contributed by atoms with Gasteiger partial charge in [-0.05, 0) is 74.1 Å². The van der Waals surface area contributed by atoms with Crippen molar-refractivity contribution in [2.24, 2.45) is 5.10 Å². The van der Waals surface area contributed by atoms with Gasteiger partial charge in [0.15, 0.2) is 17.2 Å². The van der Waals surface area contributed by atoms with Crippen molar-refractivity contribution in [1.29, 1.82) is 0 Å². The van der Waals surface area contributed by atoms with Crippen molar-refractivity contribution in [3.8, 4) is 17.3 Å². The Morgan fingerprint density at radius 2 is 2.00 bits per heavy atom. The number of ether oxygens (including phenoxy) is 2. The van der Waals surface area contributed by atoms with Gasteiger partial charge < -0.3 is 15.2 Å². The van der Waals surface area contributed by atoms with Crippen molar-refractivity contribution < 1.29 is 18.9 Å². The van der Waals surface area contributed by atoms with Crippen LogP contribution in [0.3, 0.4) is 0 Å². The number of nitrogen functional groups attached to an aromatic ring is 1. The highest BCUT2D eigenvalue weighted by Gasteiger charge is 2.21. The van der Waals surface area contributed by atoms with Crippen molar-refractivity contribution >= 4 is 44.6 Å². The van der Waals surface area contributed by atoms with Crippen LogP contribution in [0.15, 0.2) is 68.8 Å². The summed E-state index contributed by atoms with van der Waals surface area (Å²) in [5, 5.41) is 21.3. The lowest BCUT2D eigenvalue weighted by molar-refractivity contribution is 0.0949. The van der Waals surface area contributed by atoms with Gasteiger partial charge in [0.25, 0.3) is 5.91 Å². The molecular formula is C26H23BrN8O4. The van der Waals surface area contributed by atoms with E-state index in [1.165, 1.54) is 10.9 Å². The second-order valence-corrected chi connectivity index (χ2v) is 9.15. The number of hydrogen-bond acceptors (Lipinski definition) is 10. The predicted molar refractivity (Wildman–Crippen MR) is 147 cm³/mol. The normalized spacial score (nSPS) is 11.3. The highest BCUT2D eigenvalue weighted by Crippen LogP contribution is 2.37. The SMILES string of the molecule is CCOc1cc(C=NNC(=O)c2nnn(-c3nonc3N)c2C)cc(Br)c1OCc1cccc2ccccc12. The molecule has 39 heavy (non-hydrogen) atoms. The molecule has 0 saturated heterocycles. The molecule has 0 saturated carbocycles. The van der Waals surface area contributed by atoms with E-state index < -0.39 is 5.91 Å². The monoisotopic (exact) mass is 590 g/mol. The third kappa shape index (κ3) is 5.43. The predicted octanol–water partition coefficient (Wildman–Crippen LogP) is 4.20. The second-order valence-electron chi connectivity index (χ2n) is 8.30. The summed E-state index contributed by atoms with van der Waals surface area (Å²) in [6, 6.07) is 17.9. The zero-order valence-corrected chi connectivity index (χ0v) is 22.5. The molecule has 3 aromatic carbocycles. The number of carbonyl (C=O) groups is 1. The Morgan fingerprint density at radius 3 is 2.79 bits per heavy atom. The first-order valence-corrected chi connectivity index (χ1v) is 12.7. The molecule has 5 rings (SSSR count). The quantitative estimate of drug-likeness (QED) is 0.190. The van der Waals surface area contributed by atoms with Crippen molar-refractivity contribution in [2.75, 3.05) is 12.3 Å². The number of carbonyl (C=O) groups excluding carboxylic acids is 1. The van der Waals surface area contributed by atoms with Gasteiger partial charge in [-0.15, -0.1) is 5.10 Å². The van der Waals surface area contributed by atoms with E-state index in [9.17, 15) is 4.79 Å². The van der Waals surface area contributed by atoms with Gasteiger partial charge in [-0.25, -0.2) is 10.1 Å². The summed E-state index contributed by atoms with van der Waals surface area (Å²) >= 11 is 3.58. The number of hydrogen-bond donors (Lipinski definition) is 2. The largest absolute Gasteiger partial charge is 0.490 e. The molecule has 0 radical (unpaired) electrons. The van der Waals surface area contributed by atoms with Crippen molar-refractivity contribution in [1.82, 2.24) is 30.7 Å². The molecule has 5 aromatic rings. The Morgan fingerprint density at radius 1 is 1.18 bits per heavy atom. The maximum atomic E-state index is 12.6. The van der Waals surface area contributed by atoms with E-state index >= 15 is 0 Å². The number of aromatic nitrogens is 5. The smallest absolute Gasteiger partial charge is 0.293 e. The van der Waals surface area contributed by atoms with Crippen LogP contribution in [0.1, 0.15) is 34.2 Å². The number of anilines is 1. The second kappa shape index (κ2) is 11.3. The highest BCUT2D eigenvalue weighted by atomic mass is 79.9. The third-order valence-corrected chi connectivity index (χ3v) is 6.36. The fraction of sp³-hybridized carbons (Fsp3) is 0.154. The number of nitrogens with zero attached hydrogens (tertiary/aromatic N) is 6. The Balaban J connectivity index is 1.30. The van der Waals surface area contributed by atoms with Gasteiger partial charge in [-0.3, -0.25) is 4.79 Å². The van der Waals surface area contributed by atoms with Crippen LogP contribution in [-0.2, 0) is 6.61 Å². The van der Waals surface area contributed by atoms with Crippen LogP contribution >= 0.6 is 15.9 Å². The first-order chi connectivity index (χ1) is 19.0. The minimum absolute atomic E-state index is 0.0215. The van der Waals surface area contributed by atoms with Gasteiger partial charge in [0.1, 0.15) is 6.61 Å². The molecular weight excluding hydrogens is 568 g/mol. The van der Waals surface area contributed by atoms with Gasteiger partial charge in [0.2, 0.25) is 11.6 Å². The molecule has 0 spiro atoms. The standard InChI is InChI=1S/C26H23BrN8O4/c1-3-37-21-12-16(11-20(27)23(21)38-14-18-9-6-8-17-7-4-5-10-19(17)18)13-29-31-26(36)22-15(2)35(34-30-22)25-24(28)32-39-33-25/h4-13H,3,14H2,1-2H3,(H2,28,32)(H,31,36). The number of benzene rings is 3. The Hall–Kier alpha value is -4.78. The Bertz CT molecular complexity index is 1670. The summed E-state index contributed by atoms with van der Waals surface area (Å²) in [4.78, 5) is 12.6. The number of halogens is 1. The van der Waals surface area contributed by atoms with Crippen molar-refractivity contribution in [3.63, 3.8) is 0 Å². The van der Waals surface area contributed by atoms with Crippen LogP contribution in [0.5, 0.6) is 11.5 Å². The summed E-state index contributed by atoms with van der Waals surface area (Å²) in [6.45, 7) is 4.32. The van der Waals surface area contributed by atoms with Gasteiger partial charge in [-0.1, -0.05) is 47.7 Å². The van der Waals surface area contributed by atoms with Crippen LogP contribution in [0.2, 0.25) is 0 Å². The van der Waals surface area contributed by atoms with E-state index in [0.717, 1.165) is 16.3 Å². The third-order valence-electron chi connectivity index (χ3n) is 5.77. The molecule has 0 aliphatic heterocycles. The lowest BCUT2D eigenvalue weighted by atomic mass is 10.1. The molecule has 13 heteroatoms. The van der Waals surface area contributed by atoms with Crippen LogP contribution in [-0.4, -0.2) is 44.0 Å². The zero-order valence-electron chi connectivity index (χ0n) is 21.0. The molecule has 3 N–H and O–H groups in total. The van der Waals surface area contributed by atoms with E-state index in [-0.39, 0.29) is 17.3 Å². The average Bonchev–Trinajstić information content (AvgIpc) is 3.53. The molecule has 0 bridgehead atoms. The first-order valence-electron chi connectivity index (χ1n) is 11.9. The van der Waals surface area contributed by atoms with E-state index in [0.29, 0.717) is 40.4 Å². The number of amides is 1. The minimum Gasteiger partial charge on any atom is -0.490 e. The fourth-order valence-electron chi connectivity index (χ4n) is 3.93. The van der Waals surface area contributed by atoms with E-state index in [4.69, 9.17) is 15.2 Å². The van der Waals surface area contributed by atoms with Gasteiger partial charge in [0.05, 0.1) is 23.0 Å². The maximum Gasteiger partial charge on any atom is 0.293 e. The highest BCUT2D eigenvalue weighted by molar-refractivity contribution is 9.10. The first kappa shape index (κ1) is 25.9. The molecule has 0 aliphatic rings. The number of nitrogens with one attached hydrogen (secondary N) is 1. The fourth-order valence-corrected chi connectivity index (χ4v) is 4.50. The topological polar surface area (TPSA) is 156 Å². The molecule has 0 unspecified atom stereocenters. The minimum atomic E-state index is -0.566. The zero-order chi connectivity index (χ0) is 27.4. The van der Waals surface area contributed by atoms with E-state index in [1.807, 2.05) is 37.3 Å². The molecule has 0 aliphatic carbocycles. The summed E-state index contributed by atoms with van der Waals surface area (Å²) in [6.07, 6.45) is 1.49. The lowest BCUT2D eigenvalue weighted by Crippen LogP contribution is -2.19. The number of hydrazone groups is 1. The van der Waals surface area contributed by atoms with E-state index in [1.54, 1.807) is 13.0 Å². The molecule has 1 amide bonds. The van der Waals surface area contributed by atoms with E-state index in [2.05, 4.69) is 69.9 Å². The molecule has 0 fully saturated rings.